The summed E-state index contributed by atoms with van der Waals surface area (Å²) in [6.45, 7) is 0. The Bertz CT molecular complexity index is 3630. The summed E-state index contributed by atoms with van der Waals surface area (Å²) < 4.78 is 4.98. The lowest BCUT2D eigenvalue weighted by Crippen LogP contribution is -2.21. The van der Waals surface area contributed by atoms with E-state index in [1.54, 1.807) is 0 Å². The summed E-state index contributed by atoms with van der Waals surface area (Å²) in [4.78, 5) is 5.42. The molecule has 1 aliphatic rings. The first-order chi connectivity index (χ1) is 28.7. The number of nitrogens with zero attached hydrogens (tertiary/aromatic N) is 2. The van der Waals surface area contributed by atoms with Gasteiger partial charge in [0.15, 0.2) is 0 Å². The minimum absolute atomic E-state index is 0.263. The van der Waals surface area contributed by atoms with Gasteiger partial charge in [-0.2, -0.15) is 0 Å². The van der Waals surface area contributed by atoms with Crippen LogP contribution in [-0.2, 0) is 0 Å². The van der Waals surface area contributed by atoms with Crippen molar-refractivity contribution in [2.75, 3.05) is 0 Å². The molecule has 0 saturated heterocycles. The van der Waals surface area contributed by atoms with Crippen LogP contribution in [0.4, 0.5) is 0 Å². The lowest BCUT2D eigenvalue weighted by atomic mass is 9.88. The quantitative estimate of drug-likeness (QED) is 0.108. The van der Waals surface area contributed by atoms with Crippen LogP contribution in [-0.4, -0.2) is 16.9 Å². The Labute approximate surface area is 338 Å². The van der Waals surface area contributed by atoms with Gasteiger partial charge in [-0.15, -0.1) is 11.3 Å². The fraction of sp³-hybridized carbons (Fsp3) is 0.0185. The molecule has 0 saturated carbocycles. The highest BCUT2D eigenvalue weighted by molar-refractivity contribution is 7.25. The van der Waals surface area contributed by atoms with Crippen LogP contribution in [0.15, 0.2) is 199 Å². The molecular formula is C54H35N3S. The number of fused-ring (bicyclic) bond motifs is 15. The van der Waals surface area contributed by atoms with E-state index in [9.17, 15) is 0 Å². The highest BCUT2D eigenvalue weighted by Crippen LogP contribution is 2.47. The van der Waals surface area contributed by atoms with E-state index in [4.69, 9.17) is 10.7 Å². The number of allylic oxidation sites excluding steroid dienone is 2. The monoisotopic (exact) mass is 757 g/mol. The summed E-state index contributed by atoms with van der Waals surface area (Å²) in [6, 6.07) is 59.5. The van der Waals surface area contributed by atoms with E-state index in [-0.39, 0.29) is 6.04 Å². The predicted octanol–water partition coefficient (Wildman–Crippen LogP) is 14.2. The van der Waals surface area contributed by atoms with Crippen LogP contribution >= 0.6 is 11.3 Å². The first kappa shape index (κ1) is 33.1. The van der Waals surface area contributed by atoms with E-state index in [2.05, 4.69) is 168 Å². The van der Waals surface area contributed by atoms with Crippen LogP contribution in [0.25, 0.3) is 102 Å². The molecule has 2 aromatic heterocycles. The van der Waals surface area contributed by atoms with Crippen molar-refractivity contribution >= 4 is 108 Å². The maximum atomic E-state index is 6.74. The van der Waals surface area contributed by atoms with Crippen molar-refractivity contribution in [3.8, 4) is 11.1 Å². The van der Waals surface area contributed by atoms with Gasteiger partial charge in [0, 0.05) is 52.7 Å². The SMILES string of the molecule is NC1C=CC=C/C1=C(/N=Cn1c2c3ccccc3ccc2c2c3c4ccccc4c(-c4ccc5sc6ccccc6c5c4)cc3c3ccccc3c21)c1ccccc1. The Balaban J connectivity index is 1.22. The molecule has 12 rings (SSSR count). The van der Waals surface area contributed by atoms with Crippen molar-refractivity contribution in [1.29, 1.82) is 0 Å². The molecular weight excluding hydrogens is 723 g/mol. The molecule has 4 heteroatoms. The summed E-state index contributed by atoms with van der Waals surface area (Å²) in [5.41, 5.74) is 14.4. The molecule has 9 aromatic carbocycles. The Kier molecular flexibility index (Phi) is 7.39. The molecule has 0 bridgehead atoms. The van der Waals surface area contributed by atoms with Gasteiger partial charge in [0.05, 0.1) is 22.8 Å². The smallest absolute Gasteiger partial charge is 0.100 e. The minimum Gasteiger partial charge on any atom is -0.321 e. The number of rotatable bonds is 4. The standard InChI is InChI=1S/C54H35N3S/c55-47-24-12-10-23-42(47)52(34-15-2-1-3-16-34)56-32-57-53-36-17-5-4-14-33(36)26-28-43(53)51-50-40-21-8-6-18-37(40)44(31-46(50)38-19-7-9-22-41(38)54(51)57)35-27-29-49-45(30-35)39-20-11-13-25-48(39)58-49/h1-32,47H,55H2/b52-42-,56-32?. The molecule has 58 heavy (non-hydrogen) atoms. The lowest BCUT2D eigenvalue weighted by molar-refractivity contribution is 0.970. The number of aliphatic imine (C=N–C) groups is 1. The second kappa shape index (κ2) is 13.0. The van der Waals surface area contributed by atoms with Gasteiger partial charge < -0.3 is 5.73 Å². The summed E-state index contributed by atoms with van der Waals surface area (Å²) in [5, 5.41) is 14.8. The van der Waals surface area contributed by atoms with E-state index in [1.807, 2.05) is 42.0 Å². The van der Waals surface area contributed by atoms with Crippen LogP contribution < -0.4 is 5.73 Å². The second-order valence-electron chi connectivity index (χ2n) is 15.2. The van der Waals surface area contributed by atoms with E-state index in [0.29, 0.717) is 0 Å². The Morgan fingerprint density at radius 2 is 1.24 bits per heavy atom. The molecule has 0 radical (unpaired) electrons. The first-order valence-corrected chi connectivity index (χ1v) is 20.6. The van der Waals surface area contributed by atoms with Crippen LogP contribution in [0.3, 0.4) is 0 Å². The molecule has 0 amide bonds. The second-order valence-corrected chi connectivity index (χ2v) is 16.3. The number of aromatic nitrogens is 1. The van der Waals surface area contributed by atoms with Gasteiger partial charge >= 0.3 is 0 Å². The maximum absolute atomic E-state index is 6.74. The largest absolute Gasteiger partial charge is 0.321 e. The number of hydrogen-bond acceptors (Lipinski definition) is 3. The zero-order valence-electron chi connectivity index (χ0n) is 31.4. The average Bonchev–Trinajstić information content (AvgIpc) is 3.83. The van der Waals surface area contributed by atoms with Crippen molar-refractivity contribution in [2.45, 2.75) is 6.04 Å². The molecule has 1 atom stereocenters. The molecule has 0 fully saturated rings. The molecule has 272 valence electrons. The van der Waals surface area contributed by atoms with Crippen LogP contribution in [0, 0.1) is 0 Å². The van der Waals surface area contributed by atoms with Gasteiger partial charge in [-0.1, -0.05) is 164 Å². The summed E-state index contributed by atoms with van der Waals surface area (Å²) in [7, 11) is 0. The third kappa shape index (κ3) is 4.92. The molecule has 1 aliphatic carbocycles. The highest BCUT2D eigenvalue weighted by Gasteiger charge is 2.23. The molecule has 3 nitrogen and oxygen atoms in total. The van der Waals surface area contributed by atoms with Crippen molar-refractivity contribution < 1.29 is 0 Å². The molecule has 0 spiro atoms. The Morgan fingerprint density at radius 1 is 0.534 bits per heavy atom. The summed E-state index contributed by atoms with van der Waals surface area (Å²) in [6.07, 6.45) is 10.2. The van der Waals surface area contributed by atoms with Crippen LogP contribution in [0.1, 0.15) is 5.56 Å². The Hall–Kier alpha value is -7.11. The Morgan fingerprint density at radius 3 is 2.09 bits per heavy atom. The fourth-order valence-electron chi connectivity index (χ4n) is 9.45. The molecule has 1 unspecified atom stereocenters. The third-order valence-electron chi connectivity index (χ3n) is 12.0. The van der Waals surface area contributed by atoms with E-state index in [1.165, 1.54) is 85.2 Å². The first-order valence-electron chi connectivity index (χ1n) is 19.8. The van der Waals surface area contributed by atoms with Gasteiger partial charge in [0.25, 0.3) is 0 Å². The van der Waals surface area contributed by atoms with Crippen molar-refractivity contribution in [1.82, 2.24) is 4.57 Å². The molecule has 2 heterocycles. The van der Waals surface area contributed by atoms with Crippen LogP contribution in [0.5, 0.6) is 0 Å². The zero-order valence-corrected chi connectivity index (χ0v) is 32.2. The van der Waals surface area contributed by atoms with Crippen molar-refractivity contribution in [2.24, 2.45) is 10.7 Å². The van der Waals surface area contributed by atoms with Gasteiger partial charge in [-0.05, 0) is 67.9 Å². The molecule has 2 N–H and O–H groups in total. The number of thiophene rings is 1. The van der Waals surface area contributed by atoms with Crippen molar-refractivity contribution in [3.63, 3.8) is 0 Å². The topological polar surface area (TPSA) is 43.3 Å². The van der Waals surface area contributed by atoms with Gasteiger partial charge in [-0.25, -0.2) is 4.99 Å². The lowest BCUT2D eigenvalue weighted by Gasteiger charge is -2.16. The van der Waals surface area contributed by atoms with E-state index in [0.717, 1.165) is 27.9 Å². The van der Waals surface area contributed by atoms with Gasteiger partial charge in [0.2, 0.25) is 0 Å². The highest BCUT2D eigenvalue weighted by atomic mass is 32.1. The summed E-state index contributed by atoms with van der Waals surface area (Å²) in [5.74, 6) is 0. The molecule has 0 aliphatic heterocycles. The normalized spacial score (nSPS) is 15.5. The van der Waals surface area contributed by atoms with E-state index < -0.39 is 0 Å². The predicted molar refractivity (Wildman–Crippen MR) is 251 cm³/mol. The molecule has 11 aromatic rings. The number of benzene rings is 9. The zero-order chi connectivity index (χ0) is 38.3. The maximum Gasteiger partial charge on any atom is 0.100 e. The summed E-state index contributed by atoms with van der Waals surface area (Å²) >= 11 is 1.86. The van der Waals surface area contributed by atoms with E-state index >= 15 is 0 Å². The fourth-order valence-corrected chi connectivity index (χ4v) is 10.5. The number of nitrogens with two attached hydrogens (primary N) is 1. The average molecular weight is 758 g/mol. The number of hydrogen-bond donors (Lipinski definition) is 1. The van der Waals surface area contributed by atoms with Gasteiger partial charge in [-0.3, -0.25) is 4.57 Å². The van der Waals surface area contributed by atoms with Crippen LogP contribution in [0.2, 0.25) is 0 Å². The van der Waals surface area contributed by atoms with Crippen molar-refractivity contribution in [3.05, 3.63) is 199 Å². The third-order valence-corrected chi connectivity index (χ3v) is 13.2. The van der Waals surface area contributed by atoms with Gasteiger partial charge in [0.1, 0.15) is 6.34 Å². The minimum atomic E-state index is -0.263.